The number of aryl methyl sites for hydroxylation is 2. The van der Waals surface area contributed by atoms with Crippen molar-refractivity contribution in [1.29, 1.82) is 0 Å². The van der Waals surface area contributed by atoms with Crippen molar-refractivity contribution in [3.8, 4) is 0 Å². The second-order valence-corrected chi connectivity index (χ2v) is 8.45. The van der Waals surface area contributed by atoms with E-state index >= 15 is 0 Å². The first-order valence-corrected chi connectivity index (χ1v) is 10.5. The van der Waals surface area contributed by atoms with E-state index < -0.39 is 0 Å². The van der Waals surface area contributed by atoms with Gasteiger partial charge in [-0.2, -0.15) is 0 Å². The lowest BCUT2D eigenvalue weighted by atomic mass is 9.89. The molecule has 0 unspecified atom stereocenters. The number of rotatable bonds is 6. The molecule has 152 valence electrons. The van der Waals surface area contributed by atoms with Gasteiger partial charge in [-0.3, -0.25) is 9.59 Å². The second-order valence-electron chi connectivity index (χ2n) is 8.45. The van der Waals surface area contributed by atoms with Gasteiger partial charge in [-0.1, -0.05) is 12.1 Å². The van der Waals surface area contributed by atoms with Crippen molar-refractivity contribution in [3.05, 3.63) is 68.3 Å². The maximum absolute atomic E-state index is 13.3. The van der Waals surface area contributed by atoms with Gasteiger partial charge >= 0.3 is 0 Å². The van der Waals surface area contributed by atoms with Crippen LogP contribution in [0.1, 0.15) is 66.1 Å². The van der Waals surface area contributed by atoms with Crippen LogP contribution in [0.5, 0.6) is 0 Å². The van der Waals surface area contributed by atoms with Gasteiger partial charge in [0.1, 0.15) is 0 Å². The summed E-state index contributed by atoms with van der Waals surface area (Å²) < 4.78 is 0. The van der Waals surface area contributed by atoms with Crippen LogP contribution in [0.25, 0.3) is 0 Å². The molecule has 0 spiro atoms. The summed E-state index contributed by atoms with van der Waals surface area (Å²) in [5.41, 5.74) is 9.11. The van der Waals surface area contributed by atoms with Gasteiger partial charge in [0.2, 0.25) is 0 Å². The first-order chi connectivity index (χ1) is 13.9. The molecule has 0 fully saturated rings. The van der Waals surface area contributed by atoms with Gasteiger partial charge in [-0.25, -0.2) is 0 Å². The Hall–Kier alpha value is -2.30. The number of benzene rings is 2. The molecule has 2 aromatic rings. The lowest BCUT2D eigenvalue weighted by Gasteiger charge is -2.15. The molecule has 4 rings (SSSR count). The van der Waals surface area contributed by atoms with Crippen molar-refractivity contribution in [2.24, 2.45) is 5.92 Å². The molecule has 0 radical (unpaired) electrons. The van der Waals surface area contributed by atoms with E-state index in [0.29, 0.717) is 25.7 Å². The number of fused-ring (bicyclic) bond motifs is 2. The highest BCUT2D eigenvalue weighted by Crippen LogP contribution is 2.36. The standard InChI is InChI=1S/C25H28O4/c1-14-9-19-12-20(25(29)24(19)15(2)21(14)6-8-27)11-18-10-17-3-4-23(28)22(17)13-16(18)5-7-26/h9-10,13,20,26-27H,3-8,11-12H2,1-2H3/t20-/m0/s1. The van der Waals surface area contributed by atoms with Crippen LogP contribution in [0.4, 0.5) is 0 Å². The minimum atomic E-state index is -0.111. The van der Waals surface area contributed by atoms with Gasteiger partial charge in [0.15, 0.2) is 11.6 Å². The van der Waals surface area contributed by atoms with Crippen LogP contribution in [0.3, 0.4) is 0 Å². The number of carbonyl (C=O) groups is 2. The quantitative estimate of drug-likeness (QED) is 0.792. The monoisotopic (exact) mass is 392 g/mol. The Bertz CT molecular complexity index is 1000. The minimum Gasteiger partial charge on any atom is -0.396 e. The van der Waals surface area contributed by atoms with Crippen LogP contribution in [0.15, 0.2) is 18.2 Å². The van der Waals surface area contributed by atoms with E-state index in [2.05, 4.69) is 12.1 Å². The number of aliphatic hydroxyl groups excluding tert-OH is 2. The van der Waals surface area contributed by atoms with E-state index in [1.165, 1.54) is 0 Å². The third-order valence-corrected chi connectivity index (χ3v) is 6.66. The Morgan fingerprint density at radius 3 is 2.41 bits per heavy atom. The molecule has 0 bridgehead atoms. The maximum atomic E-state index is 13.3. The molecule has 0 heterocycles. The number of hydrogen-bond acceptors (Lipinski definition) is 4. The fourth-order valence-electron chi connectivity index (χ4n) is 5.23. The Morgan fingerprint density at radius 2 is 1.69 bits per heavy atom. The summed E-state index contributed by atoms with van der Waals surface area (Å²) in [6.45, 7) is 4.15. The number of aliphatic hydroxyl groups is 2. The van der Waals surface area contributed by atoms with Crippen molar-refractivity contribution >= 4 is 11.6 Å². The Kier molecular flexibility index (Phi) is 5.41. The topological polar surface area (TPSA) is 74.6 Å². The Morgan fingerprint density at radius 1 is 0.931 bits per heavy atom. The molecular formula is C25H28O4. The molecule has 1 atom stereocenters. The molecule has 0 aromatic heterocycles. The molecular weight excluding hydrogens is 364 g/mol. The Labute approximate surface area is 171 Å². The third kappa shape index (κ3) is 3.45. The van der Waals surface area contributed by atoms with Crippen molar-refractivity contribution in [2.75, 3.05) is 13.2 Å². The number of ketones is 2. The SMILES string of the molecule is Cc1cc2c(c(C)c1CCO)C(=O)[C@@H](Cc1cc3c(cc1CCO)C(=O)CC3)C2. The molecule has 0 saturated carbocycles. The van der Waals surface area contributed by atoms with Crippen LogP contribution in [0, 0.1) is 19.8 Å². The fraction of sp³-hybridized carbons (Fsp3) is 0.440. The predicted octanol–water partition coefficient (Wildman–Crippen LogP) is 3.10. The van der Waals surface area contributed by atoms with Crippen LogP contribution >= 0.6 is 0 Å². The third-order valence-electron chi connectivity index (χ3n) is 6.66. The van der Waals surface area contributed by atoms with Gasteiger partial charge in [0.25, 0.3) is 0 Å². The van der Waals surface area contributed by atoms with E-state index in [9.17, 15) is 19.8 Å². The van der Waals surface area contributed by atoms with Crippen LogP contribution in [-0.2, 0) is 32.1 Å². The summed E-state index contributed by atoms with van der Waals surface area (Å²) in [7, 11) is 0. The molecule has 0 saturated heterocycles. The van der Waals surface area contributed by atoms with Crippen LogP contribution < -0.4 is 0 Å². The van der Waals surface area contributed by atoms with Gasteiger partial charge < -0.3 is 10.2 Å². The van der Waals surface area contributed by atoms with E-state index in [1.54, 1.807) is 0 Å². The van der Waals surface area contributed by atoms with Gasteiger partial charge in [-0.05, 0) is 91.0 Å². The van der Waals surface area contributed by atoms with Crippen LogP contribution in [-0.4, -0.2) is 35.0 Å². The first kappa shape index (κ1) is 20.0. The fourth-order valence-corrected chi connectivity index (χ4v) is 5.23. The summed E-state index contributed by atoms with van der Waals surface area (Å²) >= 11 is 0. The summed E-state index contributed by atoms with van der Waals surface area (Å²) in [4.78, 5) is 25.4. The molecule has 2 N–H and O–H groups in total. The number of Topliss-reactive ketones (excluding diaryl/α,β-unsaturated/α-hetero) is 2. The zero-order valence-electron chi connectivity index (χ0n) is 17.2. The highest BCUT2D eigenvalue weighted by atomic mass is 16.3. The smallest absolute Gasteiger partial charge is 0.167 e. The second kappa shape index (κ2) is 7.85. The van der Waals surface area contributed by atoms with E-state index in [4.69, 9.17) is 0 Å². The molecule has 0 aliphatic heterocycles. The van der Waals surface area contributed by atoms with E-state index in [1.807, 2.05) is 19.9 Å². The first-order valence-electron chi connectivity index (χ1n) is 10.5. The van der Waals surface area contributed by atoms with Crippen molar-refractivity contribution in [2.45, 2.75) is 52.4 Å². The molecule has 2 aliphatic carbocycles. The van der Waals surface area contributed by atoms with Crippen LogP contribution in [0.2, 0.25) is 0 Å². The van der Waals surface area contributed by atoms with E-state index in [0.717, 1.165) is 62.9 Å². The molecule has 29 heavy (non-hydrogen) atoms. The number of carbonyl (C=O) groups excluding carboxylic acids is 2. The van der Waals surface area contributed by atoms with Gasteiger partial charge in [0.05, 0.1) is 0 Å². The molecule has 2 aliphatic rings. The largest absolute Gasteiger partial charge is 0.396 e. The normalized spacial score (nSPS) is 17.7. The highest BCUT2D eigenvalue weighted by Gasteiger charge is 2.34. The zero-order chi connectivity index (χ0) is 20.7. The lowest BCUT2D eigenvalue weighted by molar-refractivity contribution is 0.0934. The summed E-state index contributed by atoms with van der Waals surface area (Å²) in [6, 6.07) is 6.15. The summed E-state index contributed by atoms with van der Waals surface area (Å²) in [5.74, 6) is 0.251. The average Bonchev–Trinajstić information content (AvgIpc) is 3.19. The van der Waals surface area contributed by atoms with Gasteiger partial charge in [0, 0.05) is 36.7 Å². The lowest BCUT2D eigenvalue weighted by Crippen LogP contribution is -2.15. The highest BCUT2D eigenvalue weighted by molar-refractivity contribution is 6.04. The predicted molar refractivity (Wildman–Crippen MR) is 112 cm³/mol. The molecule has 4 heteroatoms. The minimum absolute atomic E-state index is 0.0294. The molecule has 0 amide bonds. The van der Waals surface area contributed by atoms with Crippen molar-refractivity contribution < 1.29 is 19.8 Å². The van der Waals surface area contributed by atoms with Crippen molar-refractivity contribution in [3.63, 3.8) is 0 Å². The maximum Gasteiger partial charge on any atom is 0.167 e. The van der Waals surface area contributed by atoms with Gasteiger partial charge in [-0.15, -0.1) is 0 Å². The summed E-state index contributed by atoms with van der Waals surface area (Å²) in [5, 5.41) is 18.9. The zero-order valence-corrected chi connectivity index (χ0v) is 17.2. The number of hydrogen-bond donors (Lipinski definition) is 2. The van der Waals surface area contributed by atoms with E-state index in [-0.39, 0.29) is 30.7 Å². The van der Waals surface area contributed by atoms with Crippen molar-refractivity contribution in [1.82, 2.24) is 0 Å². The molecule has 4 nitrogen and oxygen atoms in total. The Balaban J connectivity index is 1.67. The average molecular weight is 392 g/mol. The summed E-state index contributed by atoms with van der Waals surface area (Å²) in [6.07, 6.45) is 3.76. The molecule has 2 aromatic carbocycles.